The second-order valence-corrected chi connectivity index (χ2v) is 8.52. The molecule has 1 aliphatic heterocycles. The molecule has 10 nitrogen and oxygen atoms in total. The molecular weight excluding hydrogens is 468 g/mol. The monoisotopic (exact) mass is 492 g/mol. The summed E-state index contributed by atoms with van der Waals surface area (Å²) in [6, 6.07) is 4.03. The molecule has 5 rings (SSSR count). The summed E-state index contributed by atoms with van der Waals surface area (Å²) < 4.78 is 57.6. The maximum absolute atomic E-state index is 14.6. The second kappa shape index (κ2) is 8.91. The molecule has 2 N–H and O–H groups in total. The van der Waals surface area contributed by atoms with Gasteiger partial charge in [0.2, 0.25) is 5.95 Å². The highest BCUT2D eigenvalue weighted by Gasteiger charge is 2.44. The van der Waals surface area contributed by atoms with E-state index in [1.54, 1.807) is 36.3 Å². The van der Waals surface area contributed by atoms with Gasteiger partial charge in [0, 0.05) is 24.8 Å². The number of nitrogens with one attached hydrogen (secondary N) is 2. The van der Waals surface area contributed by atoms with Crippen molar-refractivity contribution in [2.75, 3.05) is 37.3 Å². The van der Waals surface area contributed by atoms with Crippen molar-refractivity contribution in [3.8, 4) is 11.3 Å². The van der Waals surface area contributed by atoms with E-state index in [9.17, 15) is 17.6 Å². The fraction of sp³-hybridized carbons (Fsp3) is 0.476. The molecule has 1 saturated heterocycles. The number of aromatic nitrogens is 7. The lowest BCUT2D eigenvalue weighted by molar-refractivity contribution is -0.0675. The van der Waals surface area contributed by atoms with Crippen LogP contribution in [0.3, 0.4) is 0 Å². The molecule has 5 heterocycles. The van der Waals surface area contributed by atoms with Crippen LogP contribution in [0.25, 0.3) is 27.9 Å². The van der Waals surface area contributed by atoms with E-state index in [0.717, 1.165) is 4.68 Å². The van der Waals surface area contributed by atoms with Gasteiger partial charge in [-0.2, -0.15) is 4.98 Å². The first-order chi connectivity index (χ1) is 16.7. The molecule has 1 aliphatic rings. The van der Waals surface area contributed by atoms with Crippen LogP contribution in [0.5, 0.6) is 0 Å². The number of fused-ring (bicyclic) bond motifs is 2. The molecule has 186 valence electrons. The zero-order valence-electron chi connectivity index (χ0n) is 19.1. The van der Waals surface area contributed by atoms with Crippen LogP contribution in [0, 0.1) is 0 Å². The summed E-state index contributed by atoms with van der Waals surface area (Å²) in [6.07, 6.45) is -0.675. The molecule has 4 aromatic rings. The quantitative estimate of drug-likeness (QED) is 0.380. The van der Waals surface area contributed by atoms with Crippen LogP contribution < -0.4 is 10.6 Å². The molecule has 35 heavy (non-hydrogen) atoms. The van der Waals surface area contributed by atoms with Crippen molar-refractivity contribution in [3.63, 3.8) is 0 Å². The summed E-state index contributed by atoms with van der Waals surface area (Å²) in [5, 5.41) is 18.0. The fourth-order valence-corrected chi connectivity index (χ4v) is 4.28. The Morgan fingerprint density at radius 3 is 2.77 bits per heavy atom. The molecule has 1 fully saturated rings. The van der Waals surface area contributed by atoms with Gasteiger partial charge >= 0.3 is 0 Å². The molecule has 0 saturated carbocycles. The number of halogens is 4. The highest BCUT2D eigenvalue weighted by Crippen LogP contribution is 2.32. The first-order valence-corrected chi connectivity index (χ1v) is 11.2. The van der Waals surface area contributed by atoms with Crippen LogP contribution in [-0.2, 0) is 6.54 Å². The Hall–Kier alpha value is -3.55. The van der Waals surface area contributed by atoms with E-state index in [1.165, 1.54) is 4.52 Å². The van der Waals surface area contributed by atoms with E-state index in [4.69, 9.17) is 0 Å². The van der Waals surface area contributed by atoms with E-state index < -0.39 is 24.9 Å². The highest BCUT2D eigenvalue weighted by molar-refractivity contribution is 5.89. The summed E-state index contributed by atoms with van der Waals surface area (Å²) >= 11 is 0. The van der Waals surface area contributed by atoms with Crippen molar-refractivity contribution < 1.29 is 17.6 Å². The maximum atomic E-state index is 14.6. The first kappa shape index (κ1) is 23.2. The molecule has 0 spiro atoms. The van der Waals surface area contributed by atoms with Crippen LogP contribution in [0.15, 0.2) is 24.4 Å². The smallest absolute Gasteiger partial charge is 0.280 e. The lowest BCUT2D eigenvalue weighted by Gasteiger charge is -2.36. The summed E-state index contributed by atoms with van der Waals surface area (Å²) in [5.74, 6) is -2.42. The number of hydrogen-bond donors (Lipinski definition) is 2. The highest BCUT2D eigenvalue weighted by atomic mass is 19.3. The van der Waals surface area contributed by atoms with Gasteiger partial charge in [0.05, 0.1) is 18.3 Å². The fourth-order valence-electron chi connectivity index (χ4n) is 4.28. The average molecular weight is 492 g/mol. The van der Waals surface area contributed by atoms with Gasteiger partial charge in [-0.15, -0.1) is 10.2 Å². The molecule has 0 amide bonds. The zero-order valence-corrected chi connectivity index (χ0v) is 19.1. The summed E-state index contributed by atoms with van der Waals surface area (Å²) in [4.78, 5) is 10.6. The number of anilines is 2. The molecule has 0 aromatic carbocycles. The van der Waals surface area contributed by atoms with Crippen molar-refractivity contribution in [3.05, 3.63) is 24.4 Å². The average Bonchev–Trinajstić information content (AvgIpc) is 3.39. The van der Waals surface area contributed by atoms with Gasteiger partial charge in [-0.3, -0.25) is 0 Å². The van der Waals surface area contributed by atoms with E-state index >= 15 is 0 Å². The number of pyridine rings is 1. The Labute approximate surface area is 197 Å². The van der Waals surface area contributed by atoms with E-state index in [0.29, 0.717) is 41.2 Å². The zero-order chi connectivity index (χ0) is 24.7. The third-order valence-corrected chi connectivity index (χ3v) is 5.90. The predicted molar refractivity (Wildman–Crippen MR) is 122 cm³/mol. The third-order valence-electron chi connectivity index (χ3n) is 5.90. The van der Waals surface area contributed by atoms with Gasteiger partial charge in [0.25, 0.3) is 12.3 Å². The SMILES string of the molecule is CCNc1nc(N[C@@H]2CCN(C)CC2(F)F)nn2ccc(-c3ccc4nnn(CC(F)F)c4n3)c12. The van der Waals surface area contributed by atoms with Crippen molar-refractivity contribution in [2.24, 2.45) is 0 Å². The summed E-state index contributed by atoms with van der Waals surface area (Å²) in [6.45, 7) is 1.99. The number of hydrogen-bond acceptors (Lipinski definition) is 8. The van der Waals surface area contributed by atoms with Crippen molar-refractivity contribution in [1.82, 2.24) is 39.5 Å². The van der Waals surface area contributed by atoms with Crippen LogP contribution in [0.1, 0.15) is 13.3 Å². The number of piperidine rings is 1. The Morgan fingerprint density at radius 2 is 2.03 bits per heavy atom. The lowest BCUT2D eigenvalue weighted by Crippen LogP contribution is -2.53. The van der Waals surface area contributed by atoms with E-state index in [-0.39, 0.29) is 24.6 Å². The molecule has 0 aliphatic carbocycles. The van der Waals surface area contributed by atoms with Crippen LogP contribution in [0.2, 0.25) is 0 Å². The predicted octanol–water partition coefficient (Wildman–Crippen LogP) is 2.98. The van der Waals surface area contributed by atoms with Crippen molar-refractivity contribution in [2.45, 2.75) is 38.3 Å². The minimum Gasteiger partial charge on any atom is -0.368 e. The van der Waals surface area contributed by atoms with Gasteiger partial charge in [0.1, 0.15) is 17.6 Å². The minimum absolute atomic E-state index is 0.0763. The molecule has 0 unspecified atom stereocenters. The first-order valence-electron chi connectivity index (χ1n) is 11.2. The standard InChI is InChI=1S/C21H24F4N10/c1-3-26-18-17-12(13-4-5-14-19(27-13)35(32-30-14)10-16(22)23)6-9-34(17)31-20(29-18)28-15-7-8-33(2)11-21(15,24)25/h4-6,9,15-16H,3,7-8,10-11H2,1-2H3,(H2,26,28,29,31)/t15-/m1/s1. The molecule has 1 atom stereocenters. The van der Waals surface area contributed by atoms with Gasteiger partial charge in [-0.1, -0.05) is 5.21 Å². The Balaban J connectivity index is 1.54. The summed E-state index contributed by atoms with van der Waals surface area (Å²) in [5.41, 5.74) is 2.33. The van der Waals surface area contributed by atoms with Crippen molar-refractivity contribution >= 4 is 28.4 Å². The van der Waals surface area contributed by atoms with Crippen LogP contribution in [-0.4, -0.2) is 84.5 Å². The number of nitrogens with zero attached hydrogens (tertiary/aromatic N) is 8. The van der Waals surface area contributed by atoms with E-state index in [2.05, 4.69) is 36.0 Å². The topological polar surface area (TPSA) is 101 Å². The van der Waals surface area contributed by atoms with Gasteiger partial charge in [0.15, 0.2) is 11.5 Å². The lowest BCUT2D eigenvalue weighted by atomic mass is 10.0. The minimum atomic E-state index is -2.93. The summed E-state index contributed by atoms with van der Waals surface area (Å²) in [7, 11) is 1.67. The van der Waals surface area contributed by atoms with Gasteiger partial charge < -0.3 is 15.5 Å². The largest absolute Gasteiger partial charge is 0.368 e. The normalized spacial score (nSPS) is 18.5. The third kappa shape index (κ3) is 4.45. The second-order valence-electron chi connectivity index (χ2n) is 8.52. The molecule has 14 heteroatoms. The molecule has 0 bridgehead atoms. The Morgan fingerprint density at radius 1 is 1.20 bits per heavy atom. The Kier molecular flexibility index (Phi) is 5.91. The van der Waals surface area contributed by atoms with Crippen molar-refractivity contribution in [1.29, 1.82) is 0 Å². The van der Waals surface area contributed by atoms with Crippen LogP contribution >= 0.6 is 0 Å². The number of alkyl halides is 4. The van der Waals surface area contributed by atoms with Gasteiger partial charge in [-0.05, 0) is 38.6 Å². The van der Waals surface area contributed by atoms with Gasteiger partial charge in [-0.25, -0.2) is 31.7 Å². The molecular formula is C21H24F4N10. The van der Waals surface area contributed by atoms with Crippen LogP contribution in [0.4, 0.5) is 29.3 Å². The number of likely N-dealkylation sites (tertiary alicyclic amines) is 1. The van der Waals surface area contributed by atoms with E-state index in [1.807, 2.05) is 6.92 Å². The number of rotatable bonds is 7. The molecule has 0 radical (unpaired) electrons. The maximum Gasteiger partial charge on any atom is 0.280 e. The molecule has 4 aromatic heterocycles. The Bertz CT molecular complexity index is 1350.